The molecule has 3 aromatic carbocycles. The lowest BCUT2D eigenvalue weighted by atomic mass is 9.93. The lowest BCUT2D eigenvalue weighted by Crippen LogP contribution is -2.04. The number of esters is 2. The van der Waals surface area contributed by atoms with E-state index < -0.39 is 5.97 Å². The number of thiophene rings is 3. The Labute approximate surface area is 405 Å². The number of hydrogen-bond donors (Lipinski definition) is 1. The molecule has 0 bridgehead atoms. The van der Waals surface area contributed by atoms with E-state index in [-0.39, 0.29) is 11.9 Å². The van der Waals surface area contributed by atoms with Gasteiger partial charge in [-0.25, -0.2) is 14.4 Å². The van der Waals surface area contributed by atoms with Crippen molar-refractivity contribution in [1.29, 1.82) is 0 Å². The minimum Gasteiger partial charge on any atom is -0.478 e. The average molecular weight is 1010 g/mol. The van der Waals surface area contributed by atoms with Gasteiger partial charge in [-0.3, -0.25) is 0 Å². The van der Waals surface area contributed by atoms with Crippen LogP contribution in [0.5, 0.6) is 0 Å². The smallest absolute Gasteiger partial charge is 0.338 e. The van der Waals surface area contributed by atoms with Gasteiger partial charge in [0.15, 0.2) is 0 Å². The molecule has 0 saturated heterocycles. The first-order valence-electron chi connectivity index (χ1n) is 23.2. The Morgan fingerprint density at radius 2 is 0.939 bits per heavy atom. The van der Waals surface area contributed by atoms with E-state index in [1.807, 2.05) is 62.6 Å². The summed E-state index contributed by atoms with van der Waals surface area (Å²) in [4.78, 5) is 37.6. The number of ether oxygens (including phenoxy) is 2. The Bertz CT molecular complexity index is 2960. The monoisotopic (exact) mass is 1000 g/mol. The molecule has 12 heteroatoms. The van der Waals surface area contributed by atoms with E-state index >= 15 is 0 Å². The Morgan fingerprint density at radius 3 is 1.33 bits per heavy atom. The van der Waals surface area contributed by atoms with E-state index in [9.17, 15) is 19.5 Å². The highest BCUT2D eigenvalue weighted by atomic mass is 79.9. The molecule has 0 aliphatic heterocycles. The SMILES string of the molecule is CCOC(=O)c1ccc2c(C3CCCC3)c(-c3ccoc3)sc2c1.CCOC(=O)c1ccc2c(C3CCCC3)c(Br)sc2c1.O=C(O)c1ccc2c(C3CCCC3)c(-c3ccoc3)sc2c1. The van der Waals surface area contributed by atoms with Gasteiger partial charge in [0.25, 0.3) is 0 Å². The number of halogens is 1. The van der Waals surface area contributed by atoms with Gasteiger partial charge in [-0.2, -0.15) is 0 Å². The van der Waals surface area contributed by atoms with Crippen molar-refractivity contribution in [2.24, 2.45) is 0 Å². The molecule has 11 rings (SSSR count). The lowest BCUT2D eigenvalue weighted by molar-refractivity contribution is 0.0517. The number of carbonyl (C=O) groups is 3. The van der Waals surface area contributed by atoms with Gasteiger partial charge in [0.05, 0.1) is 58.7 Å². The second-order valence-electron chi connectivity index (χ2n) is 17.3. The van der Waals surface area contributed by atoms with Crippen molar-refractivity contribution in [3.05, 3.63) is 129 Å². The Hall–Kier alpha value is -5.01. The molecule has 0 amide bonds. The van der Waals surface area contributed by atoms with Gasteiger partial charge < -0.3 is 23.4 Å². The quantitative estimate of drug-likeness (QED) is 0.135. The molecule has 5 heterocycles. The predicted molar refractivity (Wildman–Crippen MR) is 271 cm³/mol. The molecule has 66 heavy (non-hydrogen) atoms. The van der Waals surface area contributed by atoms with Gasteiger partial charge in [0, 0.05) is 35.0 Å². The molecule has 3 fully saturated rings. The Kier molecular flexibility index (Phi) is 14.6. The average Bonchev–Trinajstić information content (AvgIpc) is 4.18. The summed E-state index contributed by atoms with van der Waals surface area (Å²) in [6, 6.07) is 21.4. The van der Waals surface area contributed by atoms with Crippen molar-refractivity contribution in [3.63, 3.8) is 0 Å². The van der Waals surface area contributed by atoms with E-state index in [2.05, 4.69) is 28.1 Å². The normalized spacial score (nSPS) is 15.6. The molecule has 3 aliphatic carbocycles. The minimum absolute atomic E-state index is 0.235. The Morgan fingerprint density at radius 1 is 0.561 bits per heavy atom. The first-order valence-corrected chi connectivity index (χ1v) is 26.4. The summed E-state index contributed by atoms with van der Waals surface area (Å²) in [7, 11) is 0. The van der Waals surface area contributed by atoms with Crippen molar-refractivity contribution in [2.45, 2.75) is 109 Å². The summed E-state index contributed by atoms with van der Waals surface area (Å²) in [6.07, 6.45) is 22.3. The van der Waals surface area contributed by atoms with Gasteiger partial charge >= 0.3 is 17.9 Å². The summed E-state index contributed by atoms with van der Waals surface area (Å²) in [5, 5.41) is 13.0. The highest BCUT2D eigenvalue weighted by Gasteiger charge is 2.28. The standard InChI is InChI=1S/C20H20O3S.C18H16O3S.C16H17BrO2S/c1-2-23-20(21)14-7-8-16-17(11-14)24-19(15-9-10-22-12-15)18(16)13-5-3-4-6-13;19-18(20)12-5-6-14-15(9-12)22-17(13-7-8-21-10-13)16(14)11-3-1-2-4-11;1-2-19-16(18)11-7-8-12-13(9-11)20-15(17)14(12)10-5-3-4-6-10/h7-13H,2-6H2,1H3;5-11H,1-4H2,(H,19,20);7-10H,2-6H2,1H3. The molecule has 0 unspecified atom stereocenters. The fourth-order valence-electron chi connectivity index (χ4n) is 10.2. The predicted octanol–water partition coefficient (Wildman–Crippen LogP) is 17.0. The van der Waals surface area contributed by atoms with Gasteiger partial charge in [-0.15, -0.1) is 34.0 Å². The molecular weight excluding hydrogens is 953 g/mol. The molecule has 1 N–H and O–H groups in total. The van der Waals surface area contributed by atoms with E-state index in [1.54, 1.807) is 64.9 Å². The molecule has 5 aromatic heterocycles. The molecule has 3 aliphatic rings. The zero-order chi connectivity index (χ0) is 45.7. The number of fused-ring (bicyclic) bond motifs is 3. The van der Waals surface area contributed by atoms with Gasteiger partial charge in [-0.1, -0.05) is 56.7 Å². The number of hydrogen-bond acceptors (Lipinski definition) is 10. The number of furan rings is 2. The van der Waals surface area contributed by atoms with Crippen LogP contribution in [-0.4, -0.2) is 36.2 Å². The first-order chi connectivity index (χ1) is 32.2. The maximum atomic E-state index is 12.0. The van der Waals surface area contributed by atoms with Crippen LogP contribution in [0.2, 0.25) is 0 Å². The van der Waals surface area contributed by atoms with Crippen LogP contribution in [0.4, 0.5) is 0 Å². The van der Waals surface area contributed by atoms with Crippen LogP contribution in [0.15, 0.2) is 104 Å². The maximum absolute atomic E-state index is 12.0. The number of aromatic carboxylic acids is 1. The van der Waals surface area contributed by atoms with E-state index in [4.69, 9.17) is 18.3 Å². The summed E-state index contributed by atoms with van der Waals surface area (Å²) >= 11 is 8.87. The van der Waals surface area contributed by atoms with E-state index in [0.717, 1.165) is 20.5 Å². The molecule has 8 nitrogen and oxygen atoms in total. The number of carbonyl (C=O) groups excluding carboxylic acids is 2. The highest BCUT2D eigenvalue weighted by molar-refractivity contribution is 9.11. The zero-order valence-electron chi connectivity index (χ0n) is 37.2. The van der Waals surface area contributed by atoms with Crippen LogP contribution in [0.1, 0.15) is 156 Å². The highest BCUT2D eigenvalue weighted by Crippen LogP contribution is 2.50. The van der Waals surface area contributed by atoms with Crippen LogP contribution in [0.3, 0.4) is 0 Å². The number of carboxylic acid groups (broad SMARTS) is 1. The summed E-state index contributed by atoms with van der Waals surface area (Å²) < 4.78 is 25.4. The van der Waals surface area contributed by atoms with E-state index in [0.29, 0.717) is 47.7 Å². The third-order valence-electron chi connectivity index (χ3n) is 13.3. The van der Waals surface area contributed by atoms with Gasteiger partial charge in [-0.05, 0) is 167 Å². The summed E-state index contributed by atoms with van der Waals surface area (Å²) in [5.74, 6) is 0.502. The van der Waals surface area contributed by atoms with Crippen LogP contribution in [0.25, 0.3) is 51.1 Å². The van der Waals surface area contributed by atoms with Gasteiger partial charge in [0.1, 0.15) is 0 Å². The zero-order valence-corrected chi connectivity index (χ0v) is 41.2. The summed E-state index contributed by atoms with van der Waals surface area (Å²) in [5.41, 5.74) is 8.12. The third kappa shape index (κ3) is 9.70. The van der Waals surface area contributed by atoms with Crippen LogP contribution in [-0.2, 0) is 9.47 Å². The molecule has 0 spiro atoms. The molecule has 0 atom stereocenters. The van der Waals surface area contributed by atoms with Crippen LogP contribution >= 0.6 is 49.9 Å². The van der Waals surface area contributed by atoms with Gasteiger partial charge in [0.2, 0.25) is 0 Å². The second kappa shape index (κ2) is 20.9. The number of benzene rings is 3. The lowest BCUT2D eigenvalue weighted by Gasteiger charge is -2.11. The van der Waals surface area contributed by atoms with Crippen molar-refractivity contribution in [2.75, 3.05) is 13.2 Å². The van der Waals surface area contributed by atoms with Crippen molar-refractivity contribution >= 4 is 98.1 Å². The molecular formula is C54H53BrO8S3. The largest absolute Gasteiger partial charge is 0.478 e. The van der Waals surface area contributed by atoms with Crippen molar-refractivity contribution in [3.8, 4) is 20.9 Å². The topological polar surface area (TPSA) is 116 Å². The third-order valence-corrected chi connectivity index (χ3v) is 17.6. The molecule has 342 valence electrons. The first kappa shape index (κ1) is 46.1. The number of carboxylic acids is 1. The number of rotatable bonds is 10. The molecule has 3 saturated carbocycles. The Balaban J connectivity index is 0.000000125. The van der Waals surface area contributed by atoms with Crippen molar-refractivity contribution < 1.29 is 37.8 Å². The molecule has 0 radical (unpaired) electrons. The maximum Gasteiger partial charge on any atom is 0.338 e. The van der Waals surface area contributed by atoms with Crippen LogP contribution < -0.4 is 0 Å². The van der Waals surface area contributed by atoms with E-state index in [1.165, 1.54) is 128 Å². The molecule has 8 aromatic rings. The minimum atomic E-state index is -0.873. The fraction of sp³-hybridized carbons (Fsp3) is 0.352. The second-order valence-corrected chi connectivity index (χ2v) is 21.8. The summed E-state index contributed by atoms with van der Waals surface area (Å²) in [6.45, 7) is 4.47. The van der Waals surface area contributed by atoms with Crippen molar-refractivity contribution in [1.82, 2.24) is 0 Å². The fourth-order valence-corrected chi connectivity index (χ4v) is 14.9. The van der Waals surface area contributed by atoms with Crippen LogP contribution in [0, 0.1) is 0 Å².